The van der Waals surface area contributed by atoms with E-state index < -0.39 is 0 Å². The Hall–Kier alpha value is -3.61. The maximum absolute atomic E-state index is 13.5. The SMILES string of the molecule is Cc1occc1C(=O)N/N=C1\CCCc2oc(C(=O)N3CCCc4ccccc43)c(C)c21. The number of nitrogens with zero attached hydrogens (tertiary/aromatic N) is 2. The van der Waals surface area contributed by atoms with Crippen LogP contribution in [0.15, 0.2) is 50.5 Å². The number of fused-ring (bicyclic) bond motifs is 2. The minimum absolute atomic E-state index is 0.124. The van der Waals surface area contributed by atoms with E-state index >= 15 is 0 Å². The lowest BCUT2D eigenvalue weighted by atomic mass is 9.93. The average molecular weight is 431 g/mol. The lowest BCUT2D eigenvalue weighted by Crippen LogP contribution is -2.35. The quantitative estimate of drug-likeness (QED) is 0.616. The zero-order chi connectivity index (χ0) is 22.2. The van der Waals surface area contributed by atoms with E-state index in [0.717, 1.165) is 54.0 Å². The predicted molar refractivity (Wildman–Crippen MR) is 120 cm³/mol. The number of rotatable bonds is 3. The number of nitrogens with one attached hydrogen (secondary N) is 1. The molecule has 0 unspecified atom stereocenters. The van der Waals surface area contributed by atoms with Gasteiger partial charge in [0, 0.05) is 29.8 Å². The predicted octanol–water partition coefficient (Wildman–Crippen LogP) is 4.55. The number of amides is 2. The minimum atomic E-state index is -0.321. The lowest BCUT2D eigenvalue weighted by Gasteiger charge is -2.28. The molecular weight excluding hydrogens is 406 g/mol. The van der Waals surface area contributed by atoms with Crippen molar-refractivity contribution in [2.75, 3.05) is 11.4 Å². The van der Waals surface area contributed by atoms with Crippen LogP contribution in [0.4, 0.5) is 5.69 Å². The monoisotopic (exact) mass is 431 g/mol. The molecule has 7 nitrogen and oxygen atoms in total. The summed E-state index contributed by atoms with van der Waals surface area (Å²) in [6.07, 6.45) is 5.67. The van der Waals surface area contributed by atoms with E-state index in [1.165, 1.54) is 11.8 Å². The van der Waals surface area contributed by atoms with Crippen molar-refractivity contribution in [3.05, 3.63) is 76.1 Å². The highest BCUT2D eigenvalue weighted by Crippen LogP contribution is 2.33. The van der Waals surface area contributed by atoms with Gasteiger partial charge in [0.25, 0.3) is 11.8 Å². The molecule has 0 bridgehead atoms. The molecule has 7 heteroatoms. The highest BCUT2D eigenvalue weighted by Gasteiger charge is 2.32. The van der Waals surface area contributed by atoms with Crippen LogP contribution in [-0.4, -0.2) is 24.1 Å². The van der Waals surface area contributed by atoms with Gasteiger partial charge in [0.1, 0.15) is 11.5 Å². The van der Waals surface area contributed by atoms with Gasteiger partial charge in [0.15, 0.2) is 5.76 Å². The Labute approximate surface area is 186 Å². The highest BCUT2D eigenvalue weighted by molar-refractivity contribution is 6.10. The number of para-hydroxylation sites is 1. The minimum Gasteiger partial charge on any atom is -0.469 e. The molecule has 3 aromatic rings. The van der Waals surface area contributed by atoms with Gasteiger partial charge in [-0.05, 0) is 57.2 Å². The second kappa shape index (κ2) is 8.15. The van der Waals surface area contributed by atoms with Crippen molar-refractivity contribution in [1.29, 1.82) is 0 Å². The number of benzene rings is 1. The molecule has 1 aromatic carbocycles. The molecule has 2 aliphatic rings. The van der Waals surface area contributed by atoms with E-state index in [0.29, 0.717) is 30.0 Å². The van der Waals surface area contributed by atoms with Gasteiger partial charge in [0.05, 0.1) is 17.5 Å². The van der Waals surface area contributed by atoms with Crippen molar-refractivity contribution in [1.82, 2.24) is 5.43 Å². The van der Waals surface area contributed by atoms with Crippen LogP contribution in [0.5, 0.6) is 0 Å². The van der Waals surface area contributed by atoms with E-state index in [9.17, 15) is 9.59 Å². The Kier molecular flexibility index (Phi) is 5.17. The van der Waals surface area contributed by atoms with Crippen molar-refractivity contribution < 1.29 is 18.4 Å². The Bertz CT molecular complexity index is 1230. The van der Waals surface area contributed by atoms with Crippen LogP contribution in [-0.2, 0) is 12.8 Å². The van der Waals surface area contributed by atoms with Crippen LogP contribution in [0.25, 0.3) is 0 Å². The smallest absolute Gasteiger partial charge is 0.294 e. The van der Waals surface area contributed by atoms with Gasteiger partial charge in [-0.15, -0.1) is 0 Å². The fraction of sp³-hybridized carbons (Fsp3) is 0.320. The third-order valence-corrected chi connectivity index (χ3v) is 6.27. The van der Waals surface area contributed by atoms with Crippen LogP contribution in [0.3, 0.4) is 0 Å². The number of aryl methyl sites for hydroxylation is 3. The fourth-order valence-electron chi connectivity index (χ4n) is 4.65. The zero-order valence-electron chi connectivity index (χ0n) is 18.2. The summed E-state index contributed by atoms with van der Waals surface area (Å²) in [6, 6.07) is 9.65. The van der Waals surface area contributed by atoms with E-state index in [1.54, 1.807) is 13.0 Å². The van der Waals surface area contributed by atoms with Crippen molar-refractivity contribution in [2.45, 2.75) is 46.0 Å². The van der Waals surface area contributed by atoms with Crippen LogP contribution in [0.1, 0.15) is 68.4 Å². The highest BCUT2D eigenvalue weighted by atomic mass is 16.4. The number of carbonyl (C=O) groups is 2. The zero-order valence-corrected chi connectivity index (χ0v) is 18.2. The standard InChI is InChI=1S/C25H25N3O4/c1-15-22-19(26-27-24(29)18-12-14-31-16(18)2)9-5-11-21(22)32-23(15)25(30)28-13-6-8-17-7-3-4-10-20(17)28/h3-4,7,10,12,14H,5-6,8-9,11,13H2,1-2H3,(H,27,29)/b26-19+. The molecule has 3 heterocycles. The van der Waals surface area contributed by atoms with Gasteiger partial charge in [-0.2, -0.15) is 5.10 Å². The molecule has 1 N–H and O–H groups in total. The Morgan fingerprint density at radius 1 is 1.06 bits per heavy atom. The molecule has 0 saturated heterocycles. The number of hydrazone groups is 1. The summed E-state index contributed by atoms with van der Waals surface area (Å²) in [5, 5.41) is 4.39. The van der Waals surface area contributed by atoms with Crippen LogP contribution >= 0.6 is 0 Å². The molecule has 0 atom stereocenters. The molecular formula is C25H25N3O4. The molecule has 2 amide bonds. The van der Waals surface area contributed by atoms with E-state index in [1.807, 2.05) is 30.0 Å². The lowest BCUT2D eigenvalue weighted by molar-refractivity contribution is 0.0947. The summed E-state index contributed by atoms with van der Waals surface area (Å²) in [6.45, 7) is 4.30. The summed E-state index contributed by atoms with van der Waals surface area (Å²) in [4.78, 5) is 27.7. The van der Waals surface area contributed by atoms with E-state index in [4.69, 9.17) is 8.83 Å². The maximum Gasteiger partial charge on any atom is 0.294 e. The summed E-state index contributed by atoms with van der Waals surface area (Å²) >= 11 is 0. The molecule has 1 aliphatic carbocycles. The van der Waals surface area contributed by atoms with Gasteiger partial charge in [-0.1, -0.05) is 18.2 Å². The third-order valence-electron chi connectivity index (χ3n) is 6.27. The Morgan fingerprint density at radius 3 is 2.72 bits per heavy atom. The van der Waals surface area contributed by atoms with Gasteiger partial charge in [-0.25, -0.2) is 5.43 Å². The van der Waals surface area contributed by atoms with E-state index in [-0.39, 0.29) is 11.8 Å². The summed E-state index contributed by atoms with van der Waals surface area (Å²) in [5.41, 5.74) is 7.57. The normalized spacial score (nSPS) is 16.6. The summed E-state index contributed by atoms with van der Waals surface area (Å²) < 4.78 is 11.3. The van der Waals surface area contributed by atoms with Crippen molar-refractivity contribution >= 4 is 23.2 Å². The maximum atomic E-state index is 13.5. The van der Waals surface area contributed by atoms with Crippen molar-refractivity contribution in [3.8, 4) is 0 Å². The molecule has 0 radical (unpaired) electrons. The number of carbonyl (C=O) groups excluding carboxylic acids is 2. The first-order valence-electron chi connectivity index (χ1n) is 11.0. The van der Waals surface area contributed by atoms with E-state index in [2.05, 4.69) is 16.6 Å². The van der Waals surface area contributed by atoms with Crippen LogP contribution < -0.4 is 10.3 Å². The number of anilines is 1. The fourth-order valence-corrected chi connectivity index (χ4v) is 4.65. The molecule has 32 heavy (non-hydrogen) atoms. The second-order valence-electron chi connectivity index (χ2n) is 8.29. The molecule has 0 fully saturated rings. The average Bonchev–Trinajstić information content (AvgIpc) is 3.40. The topological polar surface area (TPSA) is 88.0 Å². The van der Waals surface area contributed by atoms with Gasteiger partial charge in [-0.3, -0.25) is 9.59 Å². The molecule has 2 aromatic heterocycles. The van der Waals surface area contributed by atoms with Gasteiger partial charge in [0.2, 0.25) is 0 Å². The van der Waals surface area contributed by atoms with Gasteiger partial charge < -0.3 is 13.7 Å². The van der Waals surface area contributed by atoms with Gasteiger partial charge >= 0.3 is 0 Å². The Balaban J connectivity index is 1.45. The summed E-state index contributed by atoms with van der Waals surface area (Å²) in [5.74, 6) is 1.22. The van der Waals surface area contributed by atoms with Crippen molar-refractivity contribution in [2.24, 2.45) is 5.10 Å². The van der Waals surface area contributed by atoms with Crippen molar-refractivity contribution in [3.63, 3.8) is 0 Å². The number of furan rings is 2. The molecule has 5 rings (SSSR count). The number of hydrogen-bond donors (Lipinski definition) is 1. The molecule has 1 aliphatic heterocycles. The molecule has 0 spiro atoms. The van der Waals surface area contributed by atoms with Crippen LogP contribution in [0, 0.1) is 13.8 Å². The largest absolute Gasteiger partial charge is 0.469 e. The summed E-state index contributed by atoms with van der Waals surface area (Å²) in [7, 11) is 0. The number of hydrogen-bond acceptors (Lipinski definition) is 5. The first-order chi connectivity index (χ1) is 15.5. The molecule has 164 valence electrons. The first kappa shape index (κ1) is 20.3. The first-order valence-corrected chi connectivity index (χ1v) is 11.0. The second-order valence-corrected chi connectivity index (χ2v) is 8.29. The Morgan fingerprint density at radius 2 is 1.91 bits per heavy atom. The third kappa shape index (κ3) is 3.43. The van der Waals surface area contributed by atoms with Crippen LogP contribution in [0.2, 0.25) is 0 Å². The molecule has 0 saturated carbocycles.